The number of hydrogen-bond donors (Lipinski definition) is 1. The topological polar surface area (TPSA) is 51.2 Å². The summed E-state index contributed by atoms with van der Waals surface area (Å²) in [5, 5.41) is 5.01. The van der Waals surface area contributed by atoms with Crippen LogP contribution in [0.3, 0.4) is 0 Å². The van der Waals surface area contributed by atoms with Crippen LogP contribution in [0.15, 0.2) is 40.3 Å². The summed E-state index contributed by atoms with van der Waals surface area (Å²) in [6.45, 7) is -0.0317. The van der Waals surface area contributed by atoms with Crippen molar-refractivity contribution >= 4 is 38.3 Å². The summed E-state index contributed by atoms with van der Waals surface area (Å²) in [4.78, 5) is 15.4. The standard InChI is InChI=1S/C11H9BrN2O2S/c12-8-2-1-3-9(6-8)16-7-10(15)14-11-13-4-5-17-11/h1-6H,7H2,(H,13,14,15). The van der Waals surface area contributed by atoms with Crippen LogP contribution in [0.2, 0.25) is 0 Å². The molecule has 0 unspecified atom stereocenters. The number of halogens is 1. The highest BCUT2D eigenvalue weighted by Gasteiger charge is 2.05. The van der Waals surface area contributed by atoms with Crippen LogP contribution >= 0.6 is 27.3 Å². The van der Waals surface area contributed by atoms with Crippen LogP contribution in [-0.4, -0.2) is 17.5 Å². The van der Waals surface area contributed by atoms with Crippen LogP contribution < -0.4 is 10.1 Å². The van der Waals surface area contributed by atoms with Crippen molar-refractivity contribution in [3.63, 3.8) is 0 Å². The molecule has 0 bridgehead atoms. The highest BCUT2D eigenvalue weighted by Crippen LogP contribution is 2.17. The van der Waals surface area contributed by atoms with Crippen molar-refractivity contribution in [1.29, 1.82) is 0 Å². The van der Waals surface area contributed by atoms with E-state index in [0.29, 0.717) is 10.9 Å². The molecule has 1 amide bonds. The van der Waals surface area contributed by atoms with E-state index in [1.54, 1.807) is 23.7 Å². The first-order valence-electron chi connectivity index (χ1n) is 4.82. The number of rotatable bonds is 4. The lowest BCUT2D eigenvalue weighted by Crippen LogP contribution is -2.19. The van der Waals surface area contributed by atoms with E-state index in [4.69, 9.17) is 4.74 Å². The van der Waals surface area contributed by atoms with E-state index in [9.17, 15) is 4.79 Å². The molecule has 0 aliphatic heterocycles. The molecule has 0 saturated carbocycles. The Bertz CT molecular complexity index is 502. The van der Waals surface area contributed by atoms with E-state index < -0.39 is 0 Å². The molecule has 6 heteroatoms. The number of thiazole rings is 1. The Hall–Kier alpha value is -1.40. The Morgan fingerprint density at radius 1 is 1.53 bits per heavy atom. The normalized spacial score (nSPS) is 9.94. The van der Waals surface area contributed by atoms with Gasteiger partial charge < -0.3 is 4.74 Å². The summed E-state index contributed by atoms with van der Waals surface area (Å²) in [6, 6.07) is 7.33. The molecule has 17 heavy (non-hydrogen) atoms. The van der Waals surface area contributed by atoms with E-state index in [0.717, 1.165) is 4.47 Å². The Morgan fingerprint density at radius 2 is 2.41 bits per heavy atom. The lowest BCUT2D eigenvalue weighted by Gasteiger charge is -2.05. The van der Waals surface area contributed by atoms with Gasteiger partial charge in [-0.1, -0.05) is 22.0 Å². The van der Waals surface area contributed by atoms with Gasteiger partial charge in [-0.2, -0.15) is 0 Å². The van der Waals surface area contributed by atoms with Crippen LogP contribution in [0.5, 0.6) is 5.75 Å². The number of ether oxygens (including phenoxy) is 1. The monoisotopic (exact) mass is 312 g/mol. The lowest BCUT2D eigenvalue weighted by atomic mass is 10.3. The van der Waals surface area contributed by atoms with Gasteiger partial charge in [-0.05, 0) is 18.2 Å². The Balaban J connectivity index is 1.84. The zero-order valence-corrected chi connectivity index (χ0v) is 11.1. The summed E-state index contributed by atoms with van der Waals surface area (Å²) in [5.41, 5.74) is 0. The molecule has 0 aliphatic rings. The van der Waals surface area contributed by atoms with Crippen molar-refractivity contribution in [2.75, 3.05) is 11.9 Å². The number of anilines is 1. The number of aromatic nitrogens is 1. The van der Waals surface area contributed by atoms with Crippen molar-refractivity contribution < 1.29 is 9.53 Å². The highest BCUT2D eigenvalue weighted by atomic mass is 79.9. The SMILES string of the molecule is O=C(COc1cccc(Br)c1)Nc1nccs1. The molecular formula is C11H9BrN2O2S. The molecule has 1 aromatic carbocycles. The number of amides is 1. The first-order valence-corrected chi connectivity index (χ1v) is 6.49. The summed E-state index contributed by atoms with van der Waals surface area (Å²) >= 11 is 4.70. The maximum Gasteiger partial charge on any atom is 0.264 e. The molecule has 4 nitrogen and oxygen atoms in total. The number of benzene rings is 1. The van der Waals surface area contributed by atoms with Crippen LogP contribution in [0.1, 0.15) is 0 Å². The number of nitrogens with one attached hydrogen (secondary N) is 1. The molecule has 88 valence electrons. The van der Waals surface area contributed by atoms with Crippen molar-refractivity contribution in [3.8, 4) is 5.75 Å². The third-order valence-corrected chi connectivity index (χ3v) is 3.03. The van der Waals surface area contributed by atoms with Gasteiger partial charge in [-0.3, -0.25) is 10.1 Å². The number of carbonyl (C=O) groups excluding carboxylic acids is 1. The largest absolute Gasteiger partial charge is 0.484 e. The molecule has 0 saturated heterocycles. The Labute approximate surface area is 111 Å². The van der Waals surface area contributed by atoms with Gasteiger partial charge in [-0.15, -0.1) is 11.3 Å². The van der Waals surface area contributed by atoms with Gasteiger partial charge in [-0.25, -0.2) is 4.98 Å². The van der Waals surface area contributed by atoms with Crippen molar-refractivity contribution in [3.05, 3.63) is 40.3 Å². The Kier molecular flexibility index (Phi) is 4.11. The second-order valence-electron chi connectivity index (χ2n) is 3.13. The second-order valence-corrected chi connectivity index (χ2v) is 4.94. The molecular weight excluding hydrogens is 304 g/mol. The molecule has 0 aliphatic carbocycles. The van der Waals surface area contributed by atoms with E-state index in [2.05, 4.69) is 26.2 Å². The van der Waals surface area contributed by atoms with Gasteiger partial charge in [0.25, 0.3) is 5.91 Å². The summed E-state index contributed by atoms with van der Waals surface area (Å²) in [7, 11) is 0. The van der Waals surface area contributed by atoms with Crippen LogP contribution in [0, 0.1) is 0 Å². The molecule has 2 rings (SSSR count). The predicted octanol–water partition coefficient (Wildman–Crippen LogP) is 2.92. The summed E-state index contributed by atoms with van der Waals surface area (Å²) in [5.74, 6) is 0.425. The van der Waals surface area contributed by atoms with Crippen molar-refractivity contribution in [2.24, 2.45) is 0 Å². The molecule has 0 spiro atoms. The average molecular weight is 313 g/mol. The van der Waals surface area contributed by atoms with E-state index in [1.807, 2.05) is 12.1 Å². The zero-order chi connectivity index (χ0) is 12.1. The van der Waals surface area contributed by atoms with Gasteiger partial charge in [0.1, 0.15) is 5.75 Å². The molecule has 0 atom stereocenters. The van der Waals surface area contributed by atoms with Crippen molar-refractivity contribution in [2.45, 2.75) is 0 Å². The van der Waals surface area contributed by atoms with Gasteiger partial charge in [0, 0.05) is 16.0 Å². The van der Waals surface area contributed by atoms with Gasteiger partial charge in [0.15, 0.2) is 11.7 Å². The number of nitrogens with zero attached hydrogens (tertiary/aromatic N) is 1. The minimum Gasteiger partial charge on any atom is -0.484 e. The second kappa shape index (κ2) is 5.79. The highest BCUT2D eigenvalue weighted by molar-refractivity contribution is 9.10. The average Bonchev–Trinajstić information content (AvgIpc) is 2.79. The molecule has 0 fully saturated rings. The van der Waals surface area contributed by atoms with Crippen LogP contribution in [-0.2, 0) is 4.79 Å². The van der Waals surface area contributed by atoms with Gasteiger partial charge in [0.2, 0.25) is 0 Å². The van der Waals surface area contributed by atoms with Gasteiger partial charge >= 0.3 is 0 Å². The molecule has 1 aromatic heterocycles. The summed E-state index contributed by atoms with van der Waals surface area (Å²) in [6.07, 6.45) is 1.63. The predicted molar refractivity (Wildman–Crippen MR) is 70.4 cm³/mol. The third-order valence-electron chi connectivity index (χ3n) is 1.84. The first-order chi connectivity index (χ1) is 8.24. The van der Waals surface area contributed by atoms with Gasteiger partial charge in [0.05, 0.1) is 0 Å². The molecule has 0 radical (unpaired) electrons. The number of carbonyl (C=O) groups is 1. The first kappa shape index (κ1) is 12.1. The molecule has 1 heterocycles. The molecule has 1 N–H and O–H groups in total. The Morgan fingerprint density at radius 3 is 3.12 bits per heavy atom. The smallest absolute Gasteiger partial charge is 0.264 e. The van der Waals surface area contributed by atoms with E-state index in [-0.39, 0.29) is 12.5 Å². The zero-order valence-electron chi connectivity index (χ0n) is 8.72. The van der Waals surface area contributed by atoms with E-state index >= 15 is 0 Å². The fraction of sp³-hybridized carbons (Fsp3) is 0.0909. The minimum absolute atomic E-state index is 0.0317. The fourth-order valence-corrected chi connectivity index (χ4v) is 2.07. The van der Waals surface area contributed by atoms with Crippen molar-refractivity contribution in [1.82, 2.24) is 4.98 Å². The minimum atomic E-state index is -0.222. The lowest BCUT2D eigenvalue weighted by molar-refractivity contribution is -0.118. The van der Waals surface area contributed by atoms with Crippen LogP contribution in [0.4, 0.5) is 5.13 Å². The van der Waals surface area contributed by atoms with Crippen LogP contribution in [0.25, 0.3) is 0 Å². The third kappa shape index (κ3) is 3.83. The maximum absolute atomic E-state index is 11.5. The number of hydrogen-bond acceptors (Lipinski definition) is 4. The maximum atomic E-state index is 11.5. The summed E-state index contributed by atoms with van der Waals surface area (Å²) < 4.78 is 6.24. The van der Waals surface area contributed by atoms with E-state index in [1.165, 1.54) is 11.3 Å². The quantitative estimate of drug-likeness (QED) is 0.944. The fourth-order valence-electron chi connectivity index (χ4n) is 1.15. The molecule has 2 aromatic rings.